The standard InChI is InChI=1S/C13H23N5/c1-9-12(14)16-10(2)17-13(9)15-8-11-6-4-5-7-18(11)3/h11H,4-8H2,1-3H3,(H3,14,15,16,17). The summed E-state index contributed by atoms with van der Waals surface area (Å²) in [7, 11) is 2.19. The minimum Gasteiger partial charge on any atom is -0.383 e. The Morgan fingerprint density at radius 2 is 2.11 bits per heavy atom. The van der Waals surface area contributed by atoms with Crippen LogP contribution >= 0.6 is 0 Å². The van der Waals surface area contributed by atoms with Crippen LogP contribution in [0.25, 0.3) is 0 Å². The summed E-state index contributed by atoms with van der Waals surface area (Å²) in [6, 6.07) is 0.592. The Labute approximate surface area is 109 Å². The summed E-state index contributed by atoms with van der Waals surface area (Å²) < 4.78 is 0. The van der Waals surface area contributed by atoms with E-state index in [0.717, 1.165) is 23.8 Å². The number of nitrogen functional groups attached to an aromatic ring is 1. The molecule has 3 N–H and O–H groups in total. The Morgan fingerprint density at radius 1 is 1.33 bits per heavy atom. The molecule has 18 heavy (non-hydrogen) atoms. The van der Waals surface area contributed by atoms with Crippen molar-refractivity contribution in [3.05, 3.63) is 11.4 Å². The Kier molecular flexibility index (Phi) is 4.01. The Morgan fingerprint density at radius 3 is 2.83 bits per heavy atom. The van der Waals surface area contributed by atoms with Crippen molar-refractivity contribution in [2.45, 2.75) is 39.2 Å². The van der Waals surface area contributed by atoms with Gasteiger partial charge in [-0.15, -0.1) is 0 Å². The summed E-state index contributed by atoms with van der Waals surface area (Å²) in [4.78, 5) is 11.0. The lowest BCUT2D eigenvalue weighted by Crippen LogP contribution is -2.41. The quantitative estimate of drug-likeness (QED) is 0.851. The Hall–Kier alpha value is -1.36. The van der Waals surface area contributed by atoms with E-state index in [9.17, 15) is 0 Å². The minimum atomic E-state index is 0.571. The van der Waals surface area contributed by atoms with E-state index in [1.54, 1.807) is 0 Å². The van der Waals surface area contributed by atoms with Crippen LogP contribution in [0.15, 0.2) is 0 Å². The highest BCUT2D eigenvalue weighted by Gasteiger charge is 2.19. The van der Waals surface area contributed by atoms with Gasteiger partial charge in [-0.1, -0.05) is 6.42 Å². The molecule has 0 aliphatic carbocycles. The lowest BCUT2D eigenvalue weighted by molar-refractivity contribution is 0.194. The topological polar surface area (TPSA) is 67.1 Å². The molecule has 0 radical (unpaired) electrons. The number of nitrogens with two attached hydrogens (primary N) is 1. The predicted molar refractivity (Wildman–Crippen MR) is 74.7 cm³/mol. The number of likely N-dealkylation sites (N-methyl/N-ethyl adjacent to an activating group) is 1. The lowest BCUT2D eigenvalue weighted by atomic mass is 10.0. The Balaban J connectivity index is 2.01. The monoisotopic (exact) mass is 249 g/mol. The fraction of sp³-hybridized carbons (Fsp3) is 0.692. The summed E-state index contributed by atoms with van der Waals surface area (Å²) in [6.45, 7) is 5.94. The van der Waals surface area contributed by atoms with Gasteiger partial charge in [0.1, 0.15) is 17.5 Å². The maximum Gasteiger partial charge on any atom is 0.134 e. The van der Waals surface area contributed by atoms with Crippen molar-refractivity contribution in [2.75, 3.05) is 31.2 Å². The molecule has 5 heteroatoms. The van der Waals surface area contributed by atoms with Gasteiger partial charge in [0.15, 0.2) is 0 Å². The van der Waals surface area contributed by atoms with E-state index in [-0.39, 0.29) is 0 Å². The fourth-order valence-corrected chi connectivity index (χ4v) is 2.44. The van der Waals surface area contributed by atoms with Gasteiger partial charge in [-0.05, 0) is 40.3 Å². The van der Waals surface area contributed by atoms with E-state index in [1.165, 1.54) is 25.8 Å². The van der Waals surface area contributed by atoms with Crippen LogP contribution in [-0.2, 0) is 0 Å². The molecule has 100 valence electrons. The van der Waals surface area contributed by atoms with Crippen LogP contribution in [0.1, 0.15) is 30.7 Å². The van der Waals surface area contributed by atoms with Crippen LogP contribution in [0.5, 0.6) is 0 Å². The second-order valence-electron chi connectivity index (χ2n) is 5.14. The van der Waals surface area contributed by atoms with Crippen molar-refractivity contribution >= 4 is 11.6 Å². The zero-order valence-corrected chi connectivity index (χ0v) is 11.5. The first-order valence-corrected chi connectivity index (χ1v) is 6.62. The molecule has 1 aliphatic heterocycles. The zero-order chi connectivity index (χ0) is 13.1. The first kappa shape index (κ1) is 13.1. The second-order valence-corrected chi connectivity index (χ2v) is 5.14. The number of aryl methyl sites for hydroxylation is 1. The minimum absolute atomic E-state index is 0.571. The SMILES string of the molecule is Cc1nc(N)c(C)c(NCC2CCCCN2C)n1. The molecule has 0 aromatic carbocycles. The first-order chi connectivity index (χ1) is 8.58. The molecule has 2 rings (SSSR count). The predicted octanol–water partition coefficient (Wildman–Crippen LogP) is 1.57. The molecule has 5 nitrogen and oxygen atoms in total. The number of anilines is 2. The highest BCUT2D eigenvalue weighted by atomic mass is 15.2. The second kappa shape index (κ2) is 5.52. The number of hydrogen-bond donors (Lipinski definition) is 2. The number of nitrogens with zero attached hydrogens (tertiary/aromatic N) is 3. The van der Waals surface area contributed by atoms with E-state index in [1.807, 2.05) is 13.8 Å². The molecule has 1 atom stereocenters. The van der Waals surface area contributed by atoms with E-state index >= 15 is 0 Å². The number of rotatable bonds is 3. The molecule has 1 aromatic rings. The summed E-state index contributed by atoms with van der Waals surface area (Å²) in [5, 5.41) is 3.42. The van der Waals surface area contributed by atoms with Gasteiger partial charge in [0.25, 0.3) is 0 Å². The number of piperidine rings is 1. The molecule has 1 unspecified atom stereocenters. The summed E-state index contributed by atoms with van der Waals surface area (Å²) in [5.74, 6) is 2.17. The molecule has 0 spiro atoms. The normalized spacial score (nSPS) is 20.9. The third kappa shape index (κ3) is 2.90. The summed E-state index contributed by atoms with van der Waals surface area (Å²) in [5.41, 5.74) is 6.80. The average molecular weight is 249 g/mol. The van der Waals surface area contributed by atoms with Gasteiger partial charge < -0.3 is 16.0 Å². The van der Waals surface area contributed by atoms with Gasteiger partial charge >= 0.3 is 0 Å². The lowest BCUT2D eigenvalue weighted by Gasteiger charge is -2.32. The molecular formula is C13H23N5. The van der Waals surface area contributed by atoms with Crippen LogP contribution in [0.2, 0.25) is 0 Å². The molecule has 1 aliphatic rings. The summed E-state index contributed by atoms with van der Waals surface area (Å²) >= 11 is 0. The van der Waals surface area contributed by atoms with Crippen LogP contribution in [0.3, 0.4) is 0 Å². The molecule has 1 aromatic heterocycles. The van der Waals surface area contributed by atoms with Crippen molar-refractivity contribution in [1.29, 1.82) is 0 Å². The number of likely N-dealkylation sites (tertiary alicyclic amines) is 1. The van der Waals surface area contributed by atoms with E-state index in [2.05, 4.69) is 27.2 Å². The van der Waals surface area contributed by atoms with Gasteiger partial charge in [-0.25, -0.2) is 9.97 Å². The Bertz CT molecular complexity index is 418. The molecule has 0 amide bonds. The summed E-state index contributed by atoms with van der Waals surface area (Å²) in [6.07, 6.45) is 3.88. The maximum atomic E-state index is 5.86. The third-order valence-electron chi connectivity index (χ3n) is 3.72. The molecule has 2 heterocycles. The van der Waals surface area contributed by atoms with Gasteiger partial charge in [-0.3, -0.25) is 0 Å². The van der Waals surface area contributed by atoms with Gasteiger partial charge in [0.2, 0.25) is 0 Å². The maximum absolute atomic E-state index is 5.86. The largest absolute Gasteiger partial charge is 0.383 e. The number of aromatic nitrogens is 2. The molecule has 0 bridgehead atoms. The first-order valence-electron chi connectivity index (χ1n) is 6.62. The highest BCUT2D eigenvalue weighted by molar-refractivity contribution is 5.54. The molecular weight excluding hydrogens is 226 g/mol. The average Bonchev–Trinajstić information content (AvgIpc) is 2.33. The molecule has 0 saturated carbocycles. The number of nitrogens with one attached hydrogen (secondary N) is 1. The van der Waals surface area contributed by atoms with E-state index < -0.39 is 0 Å². The molecule has 1 saturated heterocycles. The fourth-order valence-electron chi connectivity index (χ4n) is 2.44. The van der Waals surface area contributed by atoms with Crippen LogP contribution in [0.4, 0.5) is 11.6 Å². The van der Waals surface area contributed by atoms with Crippen molar-refractivity contribution in [1.82, 2.24) is 14.9 Å². The van der Waals surface area contributed by atoms with Crippen LogP contribution in [-0.4, -0.2) is 41.0 Å². The van der Waals surface area contributed by atoms with Crippen LogP contribution in [0, 0.1) is 13.8 Å². The third-order valence-corrected chi connectivity index (χ3v) is 3.72. The van der Waals surface area contributed by atoms with E-state index in [4.69, 9.17) is 5.73 Å². The van der Waals surface area contributed by atoms with Gasteiger partial charge in [-0.2, -0.15) is 0 Å². The van der Waals surface area contributed by atoms with E-state index in [0.29, 0.717) is 11.9 Å². The smallest absolute Gasteiger partial charge is 0.134 e. The molecule has 1 fully saturated rings. The van der Waals surface area contributed by atoms with Crippen molar-refractivity contribution < 1.29 is 0 Å². The highest BCUT2D eigenvalue weighted by Crippen LogP contribution is 2.19. The zero-order valence-electron chi connectivity index (χ0n) is 11.5. The number of hydrogen-bond acceptors (Lipinski definition) is 5. The van der Waals surface area contributed by atoms with Crippen molar-refractivity contribution in [3.8, 4) is 0 Å². The van der Waals surface area contributed by atoms with Crippen molar-refractivity contribution in [2.24, 2.45) is 0 Å². The van der Waals surface area contributed by atoms with Gasteiger partial charge in [0, 0.05) is 18.2 Å². The van der Waals surface area contributed by atoms with Crippen LogP contribution < -0.4 is 11.1 Å². The van der Waals surface area contributed by atoms with Crippen molar-refractivity contribution in [3.63, 3.8) is 0 Å². The van der Waals surface area contributed by atoms with Gasteiger partial charge in [0.05, 0.1) is 0 Å².